The van der Waals surface area contributed by atoms with E-state index in [1.54, 1.807) is 13.8 Å². The van der Waals surface area contributed by atoms with Crippen molar-refractivity contribution < 1.29 is 44.4 Å². The van der Waals surface area contributed by atoms with Crippen molar-refractivity contribution in [3.63, 3.8) is 0 Å². The first-order valence-electron chi connectivity index (χ1n) is 9.25. The summed E-state index contributed by atoms with van der Waals surface area (Å²) in [6, 6.07) is -5.88. The highest BCUT2D eigenvalue weighted by atomic mass is 16.4. The molecular weight excluding hydrogens is 404 g/mol. The molecular formula is C17H30N4O9. The highest BCUT2D eigenvalue weighted by molar-refractivity contribution is 5.95. The Morgan fingerprint density at radius 1 is 0.900 bits per heavy atom. The van der Waals surface area contributed by atoms with Gasteiger partial charge in [0.05, 0.1) is 19.1 Å². The van der Waals surface area contributed by atoms with E-state index in [0.29, 0.717) is 6.42 Å². The van der Waals surface area contributed by atoms with Gasteiger partial charge in [0.1, 0.15) is 18.1 Å². The van der Waals surface area contributed by atoms with Gasteiger partial charge >= 0.3 is 11.9 Å². The van der Waals surface area contributed by atoms with E-state index in [0.717, 1.165) is 0 Å². The fourth-order valence-electron chi connectivity index (χ4n) is 2.33. The van der Waals surface area contributed by atoms with Crippen molar-refractivity contribution in [2.24, 2.45) is 11.7 Å². The summed E-state index contributed by atoms with van der Waals surface area (Å²) < 4.78 is 0. The molecule has 13 nitrogen and oxygen atoms in total. The smallest absolute Gasteiger partial charge is 0.328 e. The summed E-state index contributed by atoms with van der Waals surface area (Å²) in [6.07, 6.45) is -1.86. The molecule has 0 heterocycles. The second-order valence-electron chi connectivity index (χ2n) is 6.88. The molecule has 0 aliphatic carbocycles. The average Bonchev–Trinajstić information content (AvgIpc) is 2.66. The average molecular weight is 434 g/mol. The first-order chi connectivity index (χ1) is 13.8. The number of carboxylic acids is 2. The Bertz CT molecular complexity index is 641. The minimum Gasteiger partial charge on any atom is -0.481 e. The number of carbonyl (C=O) groups is 5. The van der Waals surface area contributed by atoms with Gasteiger partial charge in [-0.3, -0.25) is 19.2 Å². The molecule has 0 saturated heterocycles. The molecule has 9 N–H and O–H groups in total. The molecule has 0 aromatic heterocycles. The zero-order valence-corrected chi connectivity index (χ0v) is 17.0. The fraction of sp³-hybridized carbons (Fsp3) is 0.706. The van der Waals surface area contributed by atoms with Crippen molar-refractivity contribution in [2.45, 2.75) is 63.9 Å². The van der Waals surface area contributed by atoms with Gasteiger partial charge in [0.15, 0.2) is 6.04 Å². The minimum absolute atomic E-state index is 0.385. The van der Waals surface area contributed by atoms with E-state index in [9.17, 15) is 29.1 Å². The molecule has 0 bridgehead atoms. The van der Waals surface area contributed by atoms with Gasteiger partial charge < -0.3 is 42.1 Å². The van der Waals surface area contributed by atoms with Gasteiger partial charge in [-0.1, -0.05) is 20.3 Å². The number of carbonyl (C=O) groups excluding carboxylic acids is 3. The molecule has 0 rings (SSSR count). The first-order valence-corrected chi connectivity index (χ1v) is 9.25. The van der Waals surface area contributed by atoms with Crippen LogP contribution in [-0.4, -0.2) is 87.0 Å². The van der Waals surface area contributed by atoms with Gasteiger partial charge in [-0.15, -0.1) is 0 Å². The largest absolute Gasteiger partial charge is 0.481 e. The molecule has 6 unspecified atom stereocenters. The first kappa shape index (κ1) is 27.2. The van der Waals surface area contributed by atoms with E-state index in [2.05, 4.69) is 16.0 Å². The lowest BCUT2D eigenvalue weighted by atomic mass is 9.97. The number of carboxylic acid groups (broad SMARTS) is 2. The molecule has 0 aliphatic heterocycles. The SMILES string of the molecule is CCC(C)C(NC(=O)C(CC(=O)O)NC(=O)C(N)CO)C(=O)NC(C(=O)O)C(C)O. The lowest BCUT2D eigenvalue weighted by Crippen LogP contribution is -2.60. The van der Waals surface area contributed by atoms with Crippen LogP contribution in [0.5, 0.6) is 0 Å². The molecule has 0 fully saturated rings. The molecule has 0 aliphatic rings. The maximum atomic E-state index is 12.6. The van der Waals surface area contributed by atoms with E-state index in [-0.39, 0.29) is 0 Å². The van der Waals surface area contributed by atoms with Crippen LogP contribution in [0.25, 0.3) is 0 Å². The summed E-state index contributed by atoms with van der Waals surface area (Å²) in [5.41, 5.74) is 5.34. The third kappa shape index (κ3) is 8.71. The second-order valence-corrected chi connectivity index (χ2v) is 6.88. The van der Waals surface area contributed by atoms with Crippen LogP contribution in [0.4, 0.5) is 0 Å². The lowest BCUT2D eigenvalue weighted by Gasteiger charge is -2.28. The summed E-state index contributed by atoms with van der Waals surface area (Å²) >= 11 is 0. The van der Waals surface area contributed by atoms with Gasteiger partial charge in [-0.05, 0) is 12.8 Å². The van der Waals surface area contributed by atoms with Crippen molar-refractivity contribution in [1.82, 2.24) is 16.0 Å². The quantitative estimate of drug-likeness (QED) is 0.144. The number of hydrogen-bond donors (Lipinski definition) is 8. The lowest BCUT2D eigenvalue weighted by molar-refractivity contribution is -0.146. The van der Waals surface area contributed by atoms with E-state index in [1.807, 2.05) is 0 Å². The van der Waals surface area contributed by atoms with Crippen molar-refractivity contribution in [3.05, 3.63) is 0 Å². The molecule has 172 valence electrons. The molecule has 13 heteroatoms. The van der Waals surface area contributed by atoms with Crippen LogP contribution >= 0.6 is 0 Å². The maximum absolute atomic E-state index is 12.6. The van der Waals surface area contributed by atoms with Crippen molar-refractivity contribution >= 4 is 29.7 Å². The van der Waals surface area contributed by atoms with Crippen LogP contribution < -0.4 is 21.7 Å². The highest BCUT2D eigenvalue weighted by Crippen LogP contribution is 2.10. The summed E-state index contributed by atoms with van der Waals surface area (Å²) in [5.74, 6) is -6.29. The Labute approximate surface area is 173 Å². The van der Waals surface area contributed by atoms with Gasteiger partial charge in [0.25, 0.3) is 0 Å². The van der Waals surface area contributed by atoms with Gasteiger partial charge in [-0.25, -0.2) is 4.79 Å². The fourth-order valence-corrected chi connectivity index (χ4v) is 2.33. The maximum Gasteiger partial charge on any atom is 0.328 e. The van der Waals surface area contributed by atoms with Gasteiger partial charge in [0.2, 0.25) is 17.7 Å². The van der Waals surface area contributed by atoms with Crippen LogP contribution in [0.3, 0.4) is 0 Å². The van der Waals surface area contributed by atoms with E-state index in [4.69, 9.17) is 21.1 Å². The third-order valence-corrected chi connectivity index (χ3v) is 4.38. The van der Waals surface area contributed by atoms with Crippen molar-refractivity contribution in [2.75, 3.05) is 6.61 Å². The summed E-state index contributed by atoms with van der Waals surface area (Å²) in [4.78, 5) is 59.2. The van der Waals surface area contributed by atoms with Crippen molar-refractivity contribution in [3.8, 4) is 0 Å². The number of aliphatic carboxylic acids is 2. The molecule has 0 spiro atoms. The predicted octanol–water partition coefficient (Wildman–Crippen LogP) is -3.25. The number of hydrogen-bond acceptors (Lipinski definition) is 8. The summed E-state index contributed by atoms with van der Waals surface area (Å²) in [5, 5.41) is 43.1. The topological polar surface area (TPSA) is 228 Å². The molecule has 0 radical (unpaired) electrons. The molecule has 0 aromatic carbocycles. The van der Waals surface area contributed by atoms with E-state index < -0.39 is 78.9 Å². The number of aliphatic hydroxyl groups is 2. The van der Waals surface area contributed by atoms with Crippen molar-refractivity contribution in [1.29, 1.82) is 0 Å². The van der Waals surface area contributed by atoms with Gasteiger partial charge in [-0.2, -0.15) is 0 Å². The standard InChI is InChI=1S/C17H30N4O9/c1-4-7(2)12(16(28)21-13(8(3)23)17(29)30)20-15(27)10(5-11(24)25)19-14(26)9(18)6-22/h7-10,12-13,22-23H,4-6,18H2,1-3H3,(H,19,26)(H,20,27)(H,21,28)(H,24,25)(H,29,30). The Kier molecular flexibility index (Phi) is 11.5. The number of rotatable bonds is 13. The predicted molar refractivity (Wildman–Crippen MR) is 102 cm³/mol. The Hall–Kier alpha value is -2.77. The minimum atomic E-state index is -1.63. The van der Waals surface area contributed by atoms with Crippen LogP contribution in [0.2, 0.25) is 0 Å². The molecule has 6 atom stereocenters. The summed E-state index contributed by atoms with van der Waals surface area (Å²) in [6.45, 7) is 3.73. The molecule has 30 heavy (non-hydrogen) atoms. The zero-order valence-electron chi connectivity index (χ0n) is 17.0. The normalized spacial score (nSPS) is 16.9. The molecule has 0 saturated carbocycles. The monoisotopic (exact) mass is 434 g/mol. The van der Waals surface area contributed by atoms with Crippen LogP contribution in [0.15, 0.2) is 0 Å². The Morgan fingerprint density at radius 3 is 1.83 bits per heavy atom. The van der Waals surface area contributed by atoms with Crippen LogP contribution in [0, 0.1) is 5.92 Å². The van der Waals surface area contributed by atoms with Crippen LogP contribution in [-0.2, 0) is 24.0 Å². The number of amides is 3. The Morgan fingerprint density at radius 2 is 1.43 bits per heavy atom. The molecule has 3 amide bonds. The van der Waals surface area contributed by atoms with Gasteiger partial charge in [0, 0.05) is 0 Å². The number of nitrogens with two attached hydrogens (primary N) is 1. The number of nitrogens with one attached hydrogen (secondary N) is 3. The number of aliphatic hydroxyl groups excluding tert-OH is 2. The highest BCUT2D eigenvalue weighted by Gasteiger charge is 2.34. The Balaban J connectivity index is 5.54. The molecule has 0 aromatic rings. The van der Waals surface area contributed by atoms with Crippen LogP contribution in [0.1, 0.15) is 33.6 Å². The summed E-state index contributed by atoms with van der Waals surface area (Å²) in [7, 11) is 0. The van der Waals surface area contributed by atoms with E-state index in [1.165, 1.54) is 6.92 Å². The third-order valence-electron chi connectivity index (χ3n) is 4.38. The second kappa shape index (κ2) is 12.7. The van der Waals surface area contributed by atoms with E-state index >= 15 is 0 Å². The zero-order chi connectivity index (χ0) is 23.6.